The number of nitrogens with zero attached hydrogens (tertiary/aromatic N) is 1. The first-order chi connectivity index (χ1) is 6.75. The molecule has 0 radical (unpaired) electrons. The molecule has 0 spiro atoms. The highest BCUT2D eigenvalue weighted by Gasteiger charge is 2.21. The second kappa shape index (κ2) is 3.99. The van der Waals surface area contributed by atoms with E-state index in [2.05, 4.69) is 30.2 Å². The largest absolute Gasteiger partial charge is 0.381 e. The van der Waals surface area contributed by atoms with Crippen molar-refractivity contribution >= 4 is 5.69 Å². The van der Waals surface area contributed by atoms with Gasteiger partial charge in [0.25, 0.3) is 0 Å². The Labute approximate surface area is 85.7 Å². The second-order valence-electron chi connectivity index (χ2n) is 4.40. The molecule has 0 aliphatic heterocycles. The van der Waals surface area contributed by atoms with Crippen LogP contribution in [0.4, 0.5) is 5.69 Å². The van der Waals surface area contributed by atoms with Crippen molar-refractivity contribution < 1.29 is 0 Å². The van der Waals surface area contributed by atoms with E-state index in [0.29, 0.717) is 6.04 Å². The Morgan fingerprint density at radius 1 is 1.43 bits per heavy atom. The molecule has 2 rings (SSSR count). The fraction of sp³-hybridized carbons (Fsp3) is 0.583. The van der Waals surface area contributed by atoms with Crippen LogP contribution in [0, 0.1) is 12.8 Å². The van der Waals surface area contributed by atoms with Gasteiger partial charge in [-0.25, -0.2) is 0 Å². The molecule has 0 amide bonds. The Bertz CT molecular complexity index is 309. The third-order valence-electron chi connectivity index (χ3n) is 3.06. The van der Waals surface area contributed by atoms with E-state index in [9.17, 15) is 0 Å². The Hall–Kier alpha value is -1.05. The van der Waals surface area contributed by atoms with Crippen LogP contribution in [0.3, 0.4) is 0 Å². The molecule has 0 aromatic carbocycles. The van der Waals surface area contributed by atoms with E-state index in [1.807, 2.05) is 12.3 Å². The van der Waals surface area contributed by atoms with Crippen LogP contribution in [0.2, 0.25) is 0 Å². The molecule has 1 aromatic rings. The maximum absolute atomic E-state index is 4.28. The first-order valence-corrected chi connectivity index (χ1v) is 5.44. The molecular weight excluding hydrogens is 172 g/mol. The zero-order chi connectivity index (χ0) is 9.97. The van der Waals surface area contributed by atoms with Gasteiger partial charge in [0.1, 0.15) is 0 Å². The van der Waals surface area contributed by atoms with E-state index in [0.717, 1.165) is 11.6 Å². The summed E-state index contributed by atoms with van der Waals surface area (Å²) in [5, 5.41) is 3.58. The lowest BCUT2D eigenvalue weighted by molar-refractivity contribution is 0.602. The lowest BCUT2D eigenvalue weighted by Gasteiger charge is -2.15. The Morgan fingerprint density at radius 3 is 2.93 bits per heavy atom. The fourth-order valence-electron chi connectivity index (χ4n) is 2.19. The monoisotopic (exact) mass is 190 g/mol. The van der Waals surface area contributed by atoms with Crippen molar-refractivity contribution in [1.82, 2.24) is 4.98 Å². The van der Waals surface area contributed by atoms with Gasteiger partial charge in [-0.3, -0.25) is 4.98 Å². The highest BCUT2D eigenvalue weighted by molar-refractivity contribution is 5.47. The molecule has 0 saturated heterocycles. The van der Waals surface area contributed by atoms with Gasteiger partial charge in [-0.05, 0) is 44.2 Å². The van der Waals surface area contributed by atoms with Crippen molar-refractivity contribution in [2.75, 3.05) is 5.32 Å². The standard InChI is InChI=1S/C12H18N2/c1-9-5-6-11(8-9)14-12-4-3-7-13-10(12)2/h3-4,7,9,11,14H,5-6,8H2,1-2H3/t9-,11-/m0/s1. The van der Waals surface area contributed by atoms with Crippen LogP contribution in [0.5, 0.6) is 0 Å². The normalized spacial score (nSPS) is 26.4. The van der Waals surface area contributed by atoms with Gasteiger partial charge >= 0.3 is 0 Å². The van der Waals surface area contributed by atoms with E-state index >= 15 is 0 Å². The van der Waals surface area contributed by atoms with Crippen LogP contribution in [-0.4, -0.2) is 11.0 Å². The predicted molar refractivity (Wildman–Crippen MR) is 59.4 cm³/mol. The molecule has 0 unspecified atom stereocenters. The summed E-state index contributed by atoms with van der Waals surface area (Å²) in [4.78, 5) is 4.28. The summed E-state index contributed by atoms with van der Waals surface area (Å²) in [5.74, 6) is 0.879. The van der Waals surface area contributed by atoms with Gasteiger partial charge in [0.15, 0.2) is 0 Å². The Morgan fingerprint density at radius 2 is 2.29 bits per heavy atom. The van der Waals surface area contributed by atoms with Crippen molar-refractivity contribution in [1.29, 1.82) is 0 Å². The third kappa shape index (κ3) is 2.06. The minimum atomic E-state index is 0.660. The van der Waals surface area contributed by atoms with E-state index in [4.69, 9.17) is 0 Å². The highest BCUT2D eigenvalue weighted by atomic mass is 14.9. The van der Waals surface area contributed by atoms with Crippen LogP contribution in [0.1, 0.15) is 31.9 Å². The smallest absolute Gasteiger partial charge is 0.0603 e. The maximum atomic E-state index is 4.28. The summed E-state index contributed by atoms with van der Waals surface area (Å²) in [6.45, 7) is 4.39. The third-order valence-corrected chi connectivity index (χ3v) is 3.06. The second-order valence-corrected chi connectivity index (χ2v) is 4.40. The highest BCUT2D eigenvalue weighted by Crippen LogP contribution is 2.27. The van der Waals surface area contributed by atoms with Crippen molar-refractivity contribution in [3.8, 4) is 0 Å². The molecule has 76 valence electrons. The van der Waals surface area contributed by atoms with Gasteiger partial charge < -0.3 is 5.32 Å². The lowest BCUT2D eigenvalue weighted by Crippen LogP contribution is -2.16. The number of rotatable bonds is 2. The first kappa shape index (κ1) is 9.50. The summed E-state index contributed by atoms with van der Waals surface area (Å²) in [6.07, 6.45) is 5.80. The van der Waals surface area contributed by atoms with Crippen LogP contribution in [0.25, 0.3) is 0 Å². The van der Waals surface area contributed by atoms with E-state index < -0.39 is 0 Å². The number of aromatic nitrogens is 1. The fourth-order valence-corrected chi connectivity index (χ4v) is 2.19. The molecule has 0 bridgehead atoms. The summed E-state index contributed by atoms with van der Waals surface area (Å²) in [7, 11) is 0. The number of hydrogen-bond acceptors (Lipinski definition) is 2. The average molecular weight is 190 g/mol. The van der Waals surface area contributed by atoms with Crippen LogP contribution < -0.4 is 5.32 Å². The Kier molecular flexibility index (Phi) is 2.71. The topological polar surface area (TPSA) is 24.9 Å². The van der Waals surface area contributed by atoms with Crippen molar-refractivity contribution in [3.63, 3.8) is 0 Å². The van der Waals surface area contributed by atoms with E-state index in [1.165, 1.54) is 24.9 Å². The van der Waals surface area contributed by atoms with Crippen LogP contribution in [-0.2, 0) is 0 Å². The Balaban J connectivity index is 2.01. The van der Waals surface area contributed by atoms with Gasteiger partial charge in [-0.2, -0.15) is 0 Å². The molecule has 1 N–H and O–H groups in total. The number of anilines is 1. The van der Waals surface area contributed by atoms with Gasteiger partial charge in [0.05, 0.1) is 11.4 Å². The molecule has 1 fully saturated rings. The zero-order valence-electron chi connectivity index (χ0n) is 8.96. The van der Waals surface area contributed by atoms with Crippen molar-refractivity contribution in [2.24, 2.45) is 5.92 Å². The predicted octanol–water partition coefficient (Wildman–Crippen LogP) is 2.99. The van der Waals surface area contributed by atoms with Gasteiger partial charge in [-0.15, -0.1) is 0 Å². The molecule has 1 heterocycles. The molecule has 1 aromatic heterocycles. The molecule has 1 aliphatic carbocycles. The molecule has 2 nitrogen and oxygen atoms in total. The van der Waals surface area contributed by atoms with Crippen molar-refractivity contribution in [2.45, 2.75) is 39.2 Å². The number of pyridine rings is 1. The minimum Gasteiger partial charge on any atom is -0.381 e. The summed E-state index contributed by atoms with van der Waals surface area (Å²) >= 11 is 0. The molecule has 14 heavy (non-hydrogen) atoms. The number of aryl methyl sites for hydroxylation is 1. The van der Waals surface area contributed by atoms with Crippen LogP contribution >= 0.6 is 0 Å². The quantitative estimate of drug-likeness (QED) is 0.775. The molecule has 1 saturated carbocycles. The van der Waals surface area contributed by atoms with Crippen LogP contribution in [0.15, 0.2) is 18.3 Å². The van der Waals surface area contributed by atoms with E-state index in [1.54, 1.807) is 0 Å². The van der Waals surface area contributed by atoms with Gasteiger partial charge in [0.2, 0.25) is 0 Å². The van der Waals surface area contributed by atoms with Crippen molar-refractivity contribution in [3.05, 3.63) is 24.0 Å². The van der Waals surface area contributed by atoms with Gasteiger partial charge in [-0.1, -0.05) is 6.92 Å². The van der Waals surface area contributed by atoms with E-state index in [-0.39, 0.29) is 0 Å². The minimum absolute atomic E-state index is 0.660. The average Bonchev–Trinajstić information content (AvgIpc) is 2.56. The number of nitrogens with one attached hydrogen (secondary N) is 1. The van der Waals surface area contributed by atoms with Gasteiger partial charge in [0, 0.05) is 12.2 Å². The molecule has 1 aliphatic rings. The first-order valence-electron chi connectivity index (χ1n) is 5.44. The maximum Gasteiger partial charge on any atom is 0.0603 e. The molecular formula is C12H18N2. The zero-order valence-corrected chi connectivity index (χ0v) is 8.96. The summed E-state index contributed by atoms with van der Waals surface area (Å²) < 4.78 is 0. The SMILES string of the molecule is Cc1ncccc1N[C@H]1CC[C@H](C)C1. The molecule has 2 heteroatoms. The molecule has 2 atom stereocenters. The lowest BCUT2D eigenvalue weighted by atomic mass is 10.1. The number of hydrogen-bond donors (Lipinski definition) is 1. The summed E-state index contributed by atoms with van der Waals surface area (Å²) in [6, 6.07) is 4.77. The summed E-state index contributed by atoms with van der Waals surface area (Å²) in [5.41, 5.74) is 2.30.